The maximum atomic E-state index is 12.5. The zero-order valence-electron chi connectivity index (χ0n) is 18.0. The van der Waals surface area contributed by atoms with Gasteiger partial charge in [-0.1, -0.05) is 42.0 Å². The number of hydrogen-bond donors (Lipinski definition) is 3. The van der Waals surface area contributed by atoms with Crippen LogP contribution in [0.25, 0.3) is 0 Å². The highest BCUT2D eigenvalue weighted by Crippen LogP contribution is 2.18. The maximum Gasteiger partial charge on any atom is 0.261 e. The van der Waals surface area contributed by atoms with Crippen LogP contribution in [0.3, 0.4) is 0 Å². The Morgan fingerprint density at radius 1 is 0.788 bits per heavy atom. The molecule has 3 aromatic carbocycles. The molecule has 1 amide bonds. The van der Waals surface area contributed by atoms with Crippen molar-refractivity contribution in [2.45, 2.75) is 36.1 Å². The number of rotatable bonds is 9. The Hall–Kier alpha value is -3.21. The first kappa shape index (κ1) is 24.4. The monoisotopic (exact) mass is 487 g/mol. The molecule has 0 aromatic heterocycles. The molecule has 174 valence electrons. The van der Waals surface area contributed by atoms with E-state index in [1.807, 2.05) is 19.1 Å². The van der Waals surface area contributed by atoms with Crippen LogP contribution in [-0.4, -0.2) is 22.7 Å². The first-order valence-corrected chi connectivity index (χ1v) is 13.1. The lowest BCUT2D eigenvalue weighted by molar-refractivity contribution is -0.121. The molecule has 0 spiro atoms. The van der Waals surface area contributed by atoms with Gasteiger partial charge in [0.15, 0.2) is 0 Å². The van der Waals surface area contributed by atoms with E-state index in [0.29, 0.717) is 12.1 Å². The summed E-state index contributed by atoms with van der Waals surface area (Å²) in [5, 5.41) is 7.83. The summed E-state index contributed by atoms with van der Waals surface area (Å²) in [4.78, 5) is 12.3. The van der Waals surface area contributed by atoms with E-state index in [0.717, 1.165) is 16.7 Å². The molecule has 8 nitrogen and oxygen atoms in total. The summed E-state index contributed by atoms with van der Waals surface area (Å²) in [5.41, 5.74) is 3.09. The van der Waals surface area contributed by atoms with Crippen molar-refractivity contribution in [2.75, 3.05) is 4.72 Å². The minimum atomic E-state index is -3.75. The number of anilines is 1. The van der Waals surface area contributed by atoms with Crippen LogP contribution in [0.15, 0.2) is 82.6 Å². The summed E-state index contributed by atoms with van der Waals surface area (Å²) < 4.78 is 50.2. The minimum Gasteiger partial charge on any atom is -0.352 e. The van der Waals surface area contributed by atoms with E-state index in [9.17, 15) is 21.6 Å². The number of benzene rings is 3. The Morgan fingerprint density at radius 3 is 1.91 bits per heavy atom. The quantitative estimate of drug-likeness (QED) is 0.426. The highest BCUT2D eigenvalue weighted by molar-refractivity contribution is 7.92. The van der Waals surface area contributed by atoms with Crippen LogP contribution in [0.5, 0.6) is 0 Å². The number of sulfonamides is 2. The third kappa shape index (κ3) is 7.14. The van der Waals surface area contributed by atoms with Gasteiger partial charge in [0.2, 0.25) is 15.9 Å². The van der Waals surface area contributed by atoms with Crippen molar-refractivity contribution in [3.63, 3.8) is 0 Å². The average molecular weight is 488 g/mol. The van der Waals surface area contributed by atoms with E-state index >= 15 is 0 Å². The number of nitrogens with two attached hydrogens (primary N) is 1. The highest BCUT2D eigenvalue weighted by atomic mass is 32.2. The molecular weight excluding hydrogens is 462 g/mol. The molecule has 0 saturated carbocycles. The van der Waals surface area contributed by atoms with Crippen molar-refractivity contribution in [2.24, 2.45) is 5.14 Å². The van der Waals surface area contributed by atoms with E-state index < -0.39 is 20.0 Å². The van der Waals surface area contributed by atoms with E-state index in [2.05, 4.69) is 10.0 Å². The van der Waals surface area contributed by atoms with Crippen LogP contribution in [-0.2, 0) is 37.8 Å². The number of carbonyl (C=O) groups excluding carboxylic acids is 1. The second kappa shape index (κ2) is 10.2. The third-order valence-corrected chi connectivity index (χ3v) is 7.25. The number of hydrogen-bond acceptors (Lipinski definition) is 5. The highest BCUT2D eigenvalue weighted by Gasteiger charge is 2.14. The van der Waals surface area contributed by atoms with Crippen LogP contribution in [0.4, 0.5) is 5.69 Å². The molecule has 0 aliphatic heterocycles. The Kier molecular flexibility index (Phi) is 7.52. The van der Waals surface area contributed by atoms with Gasteiger partial charge in [-0.15, -0.1) is 0 Å². The fourth-order valence-corrected chi connectivity index (χ4v) is 4.59. The largest absolute Gasteiger partial charge is 0.352 e. The molecule has 0 fully saturated rings. The molecule has 0 heterocycles. The van der Waals surface area contributed by atoms with E-state index in [-0.39, 0.29) is 28.7 Å². The first-order chi connectivity index (χ1) is 15.5. The summed E-state index contributed by atoms with van der Waals surface area (Å²) in [5.74, 6) is -0.178. The van der Waals surface area contributed by atoms with Gasteiger partial charge in [0, 0.05) is 18.7 Å². The maximum absolute atomic E-state index is 12.5. The van der Waals surface area contributed by atoms with Gasteiger partial charge >= 0.3 is 0 Å². The standard InChI is InChI=1S/C23H25N3O5S2/c1-17-2-9-20(10-3-17)26-33(30,31)22-13-4-18(5-14-22)8-15-23(27)25-16-19-6-11-21(12-7-19)32(24,28)29/h2-7,9-14,26H,8,15-16H2,1H3,(H,25,27)(H2,24,28,29). The van der Waals surface area contributed by atoms with Gasteiger partial charge in [-0.3, -0.25) is 9.52 Å². The SMILES string of the molecule is Cc1ccc(NS(=O)(=O)c2ccc(CCC(=O)NCc3ccc(S(N)(=O)=O)cc3)cc2)cc1. The van der Waals surface area contributed by atoms with Crippen LogP contribution >= 0.6 is 0 Å². The van der Waals surface area contributed by atoms with E-state index in [1.54, 1.807) is 36.4 Å². The number of amides is 1. The van der Waals surface area contributed by atoms with Gasteiger partial charge < -0.3 is 5.32 Å². The second-order valence-corrected chi connectivity index (χ2v) is 10.8. The summed E-state index contributed by atoms with van der Waals surface area (Å²) in [6.07, 6.45) is 0.672. The van der Waals surface area contributed by atoms with Gasteiger partial charge in [-0.05, 0) is 60.9 Å². The fourth-order valence-electron chi connectivity index (χ4n) is 3.01. The van der Waals surface area contributed by atoms with Gasteiger partial charge in [0.25, 0.3) is 10.0 Å². The Labute approximate surface area is 193 Å². The molecule has 0 atom stereocenters. The summed E-state index contributed by atoms with van der Waals surface area (Å²) >= 11 is 0. The van der Waals surface area contributed by atoms with Crippen LogP contribution in [0.2, 0.25) is 0 Å². The van der Waals surface area contributed by atoms with Gasteiger partial charge in [0.1, 0.15) is 0 Å². The normalized spacial score (nSPS) is 11.7. The van der Waals surface area contributed by atoms with Crippen molar-refractivity contribution < 1.29 is 21.6 Å². The molecule has 0 saturated heterocycles. The fraction of sp³-hybridized carbons (Fsp3) is 0.174. The molecule has 4 N–H and O–H groups in total. The molecule has 33 heavy (non-hydrogen) atoms. The molecule has 3 aromatic rings. The Bertz CT molecular complexity index is 1320. The zero-order valence-corrected chi connectivity index (χ0v) is 19.6. The number of carbonyl (C=O) groups is 1. The molecule has 0 aliphatic carbocycles. The molecule has 0 radical (unpaired) electrons. The number of nitrogens with one attached hydrogen (secondary N) is 2. The second-order valence-electron chi connectivity index (χ2n) is 7.58. The van der Waals surface area contributed by atoms with Crippen LogP contribution in [0, 0.1) is 6.92 Å². The Balaban J connectivity index is 1.50. The van der Waals surface area contributed by atoms with Crippen LogP contribution < -0.4 is 15.2 Å². The van der Waals surface area contributed by atoms with E-state index in [4.69, 9.17) is 5.14 Å². The van der Waals surface area contributed by atoms with Crippen molar-refractivity contribution in [1.29, 1.82) is 0 Å². The number of primary sulfonamides is 1. The van der Waals surface area contributed by atoms with Gasteiger partial charge in [-0.2, -0.15) is 0 Å². The van der Waals surface area contributed by atoms with Crippen molar-refractivity contribution >= 4 is 31.6 Å². The number of aryl methyl sites for hydroxylation is 2. The molecule has 0 bridgehead atoms. The topological polar surface area (TPSA) is 135 Å². The van der Waals surface area contributed by atoms with Gasteiger partial charge in [-0.25, -0.2) is 22.0 Å². The lowest BCUT2D eigenvalue weighted by Crippen LogP contribution is -2.23. The van der Waals surface area contributed by atoms with E-state index in [1.165, 1.54) is 24.3 Å². The predicted molar refractivity (Wildman–Crippen MR) is 126 cm³/mol. The molecule has 0 unspecified atom stereocenters. The van der Waals surface area contributed by atoms with Crippen molar-refractivity contribution in [3.8, 4) is 0 Å². The van der Waals surface area contributed by atoms with Crippen molar-refractivity contribution in [3.05, 3.63) is 89.5 Å². The lowest BCUT2D eigenvalue weighted by atomic mass is 10.1. The molecule has 0 aliphatic rings. The van der Waals surface area contributed by atoms with Crippen molar-refractivity contribution in [1.82, 2.24) is 5.32 Å². The smallest absolute Gasteiger partial charge is 0.261 e. The third-order valence-electron chi connectivity index (χ3n) is 4.92. The minimum absolute atomic E-state index is 0.0112. The first-order valence-electron chi connectivity index (χ1n) is 10.1. The molecule has 3 rings (SSSR count). The lowest BCUT2D eigenvalue weighted by Gasteiger charge is -2.09. The zero-order chi connectivity index (χ0) is 24.1. The molecular formula is C23H25N3O5S2. The van der Waals surface area contributed by atoms with Gasteiger partial charge in [0.05, 0.1) is 9.79 Å². The average Bonchev–Trinajstić information content (AvgIpc) is 2.77. The van der Waals surface area contributed by atoms with Crippen LogP contribution in [0.1, 0.15) is 23.1 Å². The summed E-state index contributed by atoms with van der Waals surface area (Å²) in [6.45, 7) is 2.18. The summed E-state index contributed by atoms with van der Waals surface area (Å²) in [7, 11) is -7.45. The molecule has 10 heteroatoms. The predicted octanol–water partition coefficient (Wildman–Crippen LogP) is 2.69. The summed E-state index contributed by atoms with van der Waals surface area (Å²) in [6, 6.07) is 19.4. The Morgan fingerprint density at radius 2 is 1.33 bits per heavy atom.